The second-order valence-corrected chi connectivity index (χ2v) is 5.04. The summed E-state index contributed by atoms with van der Waals surface area (Å²) in [6.07, 6.45) is 0. The normalized spacial score (nSPS) is 25.5. The van der Waals surface area contributed by atoms with Gasteiger partial charge in [0.25, 0.3) is 0 Å². The maximum atomic E-state index is 11.4. The quantitative estimate of drug-likeness (QED) is 0.833. The molecule has 0 radical (unpaired) electrons. The van der Waals surface area contributed by atoms with Crippen LogP contribution in [0.15, 0.2) is 28.7 Å². The van der Waals surface area contributed by atoms with Crippen LogP contribution in [-0.4, -0.2) is 24.5 Å². The number of halogens is 1. The van der Waals surface area contributed by atoms with Gasteiger partial charge in [-0.05, 0) is 24.6 Å². The number of amides is 2. The molecule has 15 heavy (non-hydrogen) atoms. The first kappa shape index (κ1) is 10.5. The fourth-order valence-corrected chi connectivity index (χ4v) is 2.16. The number of likely N-dealkylation sites (N-methyl/N-ethyl adjacent to an activating group) is 1. The van der Waals surface area contributed by atoms with Crippen molar-refractivity contribution in [3.8, 4) is 0 Å². The van der Waals surface area contributed by atoms with Gasteiger partial charge in [-0.25, -0.2) is 4.79 Å². The summed E-state index contributed by atoms with van der Waals surface area (Å²) in [5, 5.41) is 2.99. The largest absolute Gasteiger partial charge is 0.327 e. The zero-order valence-corrected chi connectivity index (χ0v) is 10.3. The molecule has 80 valence electrons. The number of nitrogens with zero attached hydrogens (tertiary/aromatic N) is 1. The molecule has 0 bridgehead atoms. The van der Waals surface area contributed by atoms with Crippen LogP contribution in [0.25, 0.3) is 0 Å². The van der Waals surface area contributed by atoms with Crippen molar-refractivity contribution in [3.05, 3.63) is 34.3 Å². The third-order valence-electron chi connectivity index (χ3n) is 2.76. The Morgan fingerprint density at radius 2 is 2.00 bits per heavy atom. The summed E-state index contributed by atoms with van der Waals surface area (Å²) < 4.78 is 1.05. The Morgan fingerprint density at radius 3 is 2.47 bits per heavy atom. The first-order valence-corrected chi connectivity index (χ1v) is 5.60. The van der Waals surface area contributed by atoms with E-state index in [9.17, 15) is 4.79 Å². The van der Waals surface area contributed by atoms with E-state index >= 15 is 0 Å². The van der Waals surface area contributed by atoms with Gasteiger partial charge in [-0.2, -0.15) is 0 Å². The van der Waals surface area contributed by atoms with E-state index in [2.05, 4.69) is 21.2 Å². The minimum Gasteiger partial charge on any atom is -0.327 e. The molecule has 1 heterocycles. The molecule has 1 fully saturated rings. The molecule has 0 aliphatic carbocycles. The Morgan fingerprint density at radius 1 is 1.40 bits per heavy atom. The van der Waals surface area contributed by atoms with Crippen LogP contribution in [0.1, 0.15) is 12.5 Å². The zero-order valence-electron chi connectivity index (χ0n) is 8.75. The Balaban J connectivity index is 2.31. The van der Waals surface area contributed by atoms with Gasteiger partial charge in [-0.1, -0.05) is 28.1 Å². The SMILES string of the molecule is CN1CC(C)(c2ccc(Br)cc2)NC1=O. The van der Waals surface area contributed by atoms with Crippen molar-refractivity contribution in [2.45, 2.75) is 12.5 Å². The second kappa shape index (κ2) is 3.52. The van der Waals surface area contributed by atoms with Crippen molar-refractivity contribution in [2.75, 3.05) is 13.6 Å². The van der Waals surface area contributed by atoms with Crippen LogP contribution < -0.4 is 5.32 Å². The van der Waals surface area contributed by atoms with Gasteiger partial charge in [0.2, 0.25) is 0 Å². The zero-order chi connectivity index (χ0) is 11.1. The van der Waals surface area contributed by atoms with Crippen molar-refractivity contribution in [2.24, 2.45) is 0 Å². The van der Waals surface area contributed by atoms with Crippen molar-refractivity contribution in [1.29, 1.82) is 0 Å². The lowest BCUT2D eigenvalue weighted by Crippen LogP contribution is -2.37. The molecular formula is C11H13BrN2O. The summed E-state index contributed by atoms with van der Waals surface area (Å²) in [6.45, 7) is 2.74. The summed E-state index contributed by atoms with van der Waals surface area (Å²) >= 11 is 3.40. The van der Waals surface area contributed by atoms with Crippen LogP contribution in [-0.2, 0) is 5.54 Å². The van der Waals surface area contributed by atoms with Gasteiger partial charge < -0.3 is 10.2 Å². The lowest BCUT2D eigenvalue weighted by atomic mass is 9.93. The van der Waals surface area contributed by atoms with Crippen molar-refractivity contribution in [1.82, 2.24) is 10.2 Å². The molecule has 0 aromatic heterocycles. The highest BCUT2D eigenvalue weighted by molar-refractivity contribution is 9.10. The maximum Gasteiger partial charge on any atom is 0.317 e. The van der Waals surface area contributed by atoms with E-state index in [1.165, 1.54) is 0 Å². The average molecular weight is 269 g/mol. The summed E-state index contributed by atoms with van der Waals surface area (Å²) in [5.74, 6) is 0. The minimum atomic E-state index is -0.271. The summed E-state index contributed by atoms with van der Waals surface area (Å²) in [7, 11) is 1.80. The number of hydrogen-bond donors (Lipinski definition) is 1. The highest BCUT2D eigenvalue weighted by atomic mass is 79.9. The van der Waals surface area contributed by atoms with Gasteiger partial charge in [0, 0.05) is 18.1 Å². The number of hydrogen-bond acceptors (Lipinski definition) is 1. The van der Waals surface area contributed by atoms with Crippen molar-refractivity contribution in [3.63, 3.8) is 0 Å². The maximum absolute atomic E-state index is 11.4. The minimum absolute atomic E-state index is 0.0135. The molecule has 1 aromatic carbocycles. The number of carbonyl (C=O) groups is 1. The van der Waals surface area contributed by atoms with Crippen LogP contribution in [0.2, 0.25) is 0 Å². The van der Waals surface area contributed by atoms with E-state index in [-0.39, 0.29) is 11.6 Å². The molecule has 2 amide bonds. The molecule has 0 saturated carbocycles. The van der Waals surface area contributed by atoms with E-state index in [4.69, 9.17) is 0 Å². The summed E-state index contributed by atoms with van der Waals surface area (Å²) in [4.78, 5) is 13.1. The first-order chi connectivity index (χ1) is 7.01. The molecule has 1 saturated heterocycles. The van der Waals surface area contributed by atoms with E-state index < -0.39 is 0 Å². The van der Waals surface area contributed by atoms with Crippen LogP contribution in [0.5, 0.6) is 0 Å². The van der Waals surface area contributed by atoms with Gasteiger partial charge in [0.05, 0.1) is 5.54 Å². The standard InChI is InChI=1S/C11H13BrN2O/c1-11(7-14(2)10(15)13-11)8-3-5-9(12)6-4-8/h3-6H,7H2,1-2H3,(H,13,15). The predicted octanol–water partition coefficient (Wildman–Crippen LogP) is 2.32. The molecule has 2 rings (SSSR count). The fourth-order valence-electron chi connectivity index (χ4n) is 1.90. The fraction of sp³-hybridized carbons (Fsp3) is 0.364. The van der Waals surface area contributed by atoms with E-state index in [0.29, 0.717) is 6.54 Å². The number of rotatable bonds is 1. The number of carbonyl (C=O) groups excluding carboxylic acids is 1. The smallest absolute Gasteiger partial charge is 0.317 e. The van der Waals surface area contributed by atoms with E-state index in [1.807, 2.05) is 31.2 Å². The molecule has 1 aromatic rings. The summed E-state index contributed by atoms with van der Waals surface area (Å²) in [6, 6.07) is 8.03. The molecule has 0 spiro atoms. The van der Waals surface area contributed by atoms with Crippen LogP contribution in [0, 0.1) is 0 Å². The van der Waals surface area contributed by atoms with Crippen LogP contribution >= 0.6 is 15.9 Å². The third-order valence-corrected chi connectivity index (χ3v) is 3.29. The van der Waals surface area contributed by atoms with Gasteiger partial charge in [0.1, 0.15) is 0 Å². The van der Waals surface area contributed by atoms with Gasteiger partial charge in [-0.15, -0.1) is 0 Å². The third kappa shape index (κ3) is 1.86. The van der Waals surface area contributed by atoms with Crippen LogP contribution in [0.3, 0.4) is 0 Å². The molecule has 1 atom stereocenters. The molecule has 1 N–H and O–H groups in total. The van der Waals surface area contributed by atoms with Gasteiger partial charge >= 0.3 is 6.03 Å². The van der Waals surface area contributed by atoms with Crippen molar-refractivity contribution < 1.29 is 4.79 Å². The Bertz CT molecular complexity index is 390. The molecule has 1 unspecified atom stereocenters. The Labute approximate surface area is 97.6 Å². The number of benzene rings is 1. The Kier molecular flexibility index (Phi) is 2.46. The molecule has 3 nitrogen and oxygen atoms in total. The van der Waals surface area contributed by atoms with E-state index in [1.54, 1.807) is 11.9 Å². The molecule has 1 aliphatic rings. The lowest BCUT2D eigenvalue weighted by Gasteiger charge is -2.23. The highest BCUT2D eigenvalue weighted by Gasteiger charge is 2.37. The lowest BCUT2D eigenvalue weighted by molar-refractivity contribution is 0.226. The molecular weight excluding hydrogens is 256 g/mol. The monoisotopic (exact) mass is 268 g/mol. The Hall–Kier alpha value is -1.03. The first-order valence-electron chi connectivity index (χ1n) is 4.81. The van der Waals surface area contributed by atoms with Crippen LogP contribution in [0.4, 0.5) is 4.79 Å². The average Bonchev–Trinajstić information content (AvgIpc) is 2.43. The van der Waals surface area contributed by atoms with E-state index in [0.717, 1.165) is 10.0 Å². The predicted molar refractivity (Wildman–Crippen MR) is 62.7 cm³/mol. The topological polar surface area (TPSA) is 32.3 Å². The number of nitrogens with one attached hydrogen (secondary N) is 1. The van der Waals surface area contributed by atoms with Gasteiger partial charge in [0.15, 0.2) is 0 Å². The highest BCUT2D eigenvalue weighted by Crippen LogP contribution is 2.27. The number of urea groups is 1. The second-order valence-electron chi connectivity index (χ2n) is 4.13. The van der Waals surface area contributed by atoms with Crippen molar-refractivity contribution >= 4 is 22.0 Å². The van der Waals surface area contributed by atoms with Gasteiger partial charge in [-0.3, -0.25) is 0 Å². The molecule has 4 heteroatoms. The summed E-state index contributed by atoms with van der Waals surface area (Å²) in [5.41, 5.74) is 0.857. The molecule has 1 aliphatic heterocycles.